The van der Waals surface area contributed by atoms with Crippen molar-refractivity contribution in [1.82, 2.24) is 10.3 Å². The van der Waals surface area contributed by atoms with Crippen molar-refractivity contribution in [3.8, 4) is 11.5 Å². The Hall–Kier alpha value is -1.59. The van der Waals surface area contributed by atoms with Gasteiger partial charge in [-0.3, -0.25) is 4.98 Å². The minimum absolute atomic E-state index is 0.157. The number of rotatable bonds is 6. The predicted molar refractivity (Wildman–Crippen MR) is 87.0 cm³/mol. The predicted octanol–water partition coefficient (Wildman–Crippen LogP) is 3.36. The molecule has 0 saturated carbocycles. The summed E-state index contributed by atoms with van der Waals surface area (Å²) in [4.78, 5) is 4.21. The molecule has 1 unspecified atom stereocenters. The van der Waals surface area contributed by atoms with Crippen molar-refractivity contribution in [2.45, 2.75) is 12.5 Å². The Bertz CT molecular complexity index is 582. The van der Waals surface area contributed by atoms with Crippen LogP contribution in [0.3, 0.4) is 0 Å². The van der Waals surface area contributed by atoms with Gasteiger partial charge in [-0.05, 0) is 58.7 Å². The Kier molecular flexibility index (Phi) is 5.59. The molecule has 2 rings (SSSR count). The summed E-state index contributed by atoms with van der Waals surface area (Å²) in [5.74, 6) is 1.58. The van der Waals surface area contributed by atoms with E-state index in [0.717, 1.165) is 33.5 Å². The first kappa shape index (κ1) is 15.8. The smallest absolute Gasteiger partial charge is 0.122 e. The summed E-state index contributed by atoms with van der Waals surface area (Å²) in [6, 6.07) is 8.15. The van der Waals surface area contributed by atoms with Crippen LogP contribution in [0.15, 0.2) is 41.1 Å². The first-order chi connectivity index (χ1) is 10.2. The summed E-state index contributed by atoms with van der Waals surface area (Å²) in [6.07, 6.45) is 4.50. The van der Waals surface area contributed by atoms with E-state index in [-0.39, 0.29) is 6.04 Å². The van der Waals surface area contributed by atoms with Gasteiger partial charge in [-0.1, -0.05) is 0 Å². The Morgan fingerprint density at radius 3 is 2.29 bits per heavy atom. The number of ether oxygens (including phenoxy) is 2. The number of pyridine rings is 1. The first-order valence-electron chi connectivity index (χ1n) is 6.66. The highest BCUT2D eigenvalue weighted by atomic mass is 79.9. The highest BCUT2D eigenvalue weighted by Crippen LogP contribution is 2.28. The van der Waals surface area contributed by atoms with E-state index in [4.69, 9.17) is 9.47 Å². The van der Waals surface area contributed by atoms with Gasteiger partial charge in [0.1, 0.15) is 11.5 Å². The largest absolute Gasteiger partial charge is 0.497 e. The molecule has 1 atom stereocenters. The molecule has 0 spiro atoms. The zero-order chi connectivity index (χ0) is 15.2. The highest BCUT2D eigenvalue weighted by molar-refractivity contribution is 9.10. The molecule has 21 heavy (non-hydrogen) atoms. The second kappa shape index (κ2) is 7.43. The molecule has 0 bridgehead atoms. The van der Waals surface area contributed by atoms with Crippen LogP contribution in [0.4, 0.5) is 0 Å². The van der Waals surface area contributed by atoms with Gasteiger partial charge in [0.05, 0.1) is 14.2 Å². The summed E-state index contributed by atoms with van der Waals surface area (Å²) in [7, 11) is 5.26. The third-order valence-electron chi connectivity index (χ3n) is 3.33. The fraction of sp³-hybridized carbons (Fsp3) is 0.312. The third-order valence-corrected chi connectivity index (χ3v) is 3.76. The third kappa shape index (κ3) is 4.19. The number of methoxy groups -OCH3 is 2. The number of benzene rings is 1. The summed E-state index contributed by atoms with van der Waals surface area (Å²) in [5.41, 5.74) is 2.28. The molecule has 0 fully saturated rings. The number of nitrogens with one attached hydrogen (secondary N) is 1. The maximum Gasteiger partial charge on any atom is 0.122 e. The van der Waals surface area contributed by atoms with Crippen molar-refractivity contribution < 1.29 is 9.47 Å². The molecule has 112 valence electrons. The van der Waals surface area contributed by atoms with Gasteiger partial charge < -0.3 is 14.8 Å². The van der Waals surface area contributed by atoms with E-state index in [1.165, 1.54) is 0 Å². The molecule has 1 aromatic carbocycles. The standard InChI is InChI=1S/C16H19BrN2O2/c1-18-16(5-11-4-13(17)10-19-9-11)12-6-14(20-2)8-15(7-12)21-3/h4,6-10,16,18H,5H2,1-3H3. The van der Waals surface area contributed by atoms with Crippen molar-refractivity contribution in [2.24, 2.45) is 0 Å². The van der Waals surface area contributed by atoms with Crippen LogP contribution in [0.1, 0.15) is 17.2 Å². The first-order valence-corrected chi connectivity index (χ1v) is 7.45. The lowest BCUT2D eigenvalue weighted by atomic mass is 9.99. The van der Waals surface area contributed by atoms with Crippen molar-refractivity contribution in [3.05, 3.63) is 52.3 Å². The van der Waals surface area contributed by atoms with E-state index >= 15 is 0 Å². The Morgan fingerprint density at radius 2 is 1.76 bits per heavy atom. The van der Waals surface area contributed by atoms with Crippen LogP contribution in [0.25, 0.3) is 0 Å². The Balaban J connectivity index is 2.28. The summed E-state index contributed by atoms with van der Waals surface area (Å²) in [5, 5.41) is 3.33. The van der Waals surface area contributed by atoms with Gasteiger partial charge in [0.25, 0.3) is 0 Å². The molecule has 0 radical (unpaired) electrons. The zero-order valence-corrected chi connectivity index (χ0v) is 14.0. The fourth-order valence-electron chi connectivity index (χ4n) is 2.22. The minimum Gasteiger partial charge on any atom is -0.497 e. The van der Waals surface area contributed by atoms with Crippen molar-refractivity contribution in [1.29, 1.82) is 0 Å². The lowest BCUT2D eigenvalue weighted by Crippen LogP contribution is -2.19. The molecule has 1 N–H and O–H groups in total. The number of aromatic nitrogens is 1. The van der Waals surface area contributed by atoms with Crippen molar-refractivity contribution in [3.63, 3.8) is 0 Å². The van der Waals surface area contributed by atoms with Gasteiger partial charge in [0.2, 0.25) is 0 Å². The topological polar surface area (TPSA) is 43.4 Å². The molecule has 0 aliphatic carbocycles. The molecule has 2 aromatic rings. The molecule has 0 amide bonds. The zero-order valence-electron chi connectivity index (χ0n) is 12.4. The number of hydrogen-bond donors (Lipinski definition) is 1. The quantitative estimate of drug-likeness (QED) is 0.867. The van der Waals surface area contributed by atoms with Crippen LogP contribution in [0, 0.1) is 0 Å². The van der Waals surface area contributed by atoms with Gasteiger partial charge >= 0.3 is 0 Å². The van der Waals surface area contributed by atoms with E-state index in [9.17, 15) is 0 Å². The van der Waals surface area contributed by atoms with Crippen LogP contribution < -0.4 is 14.8 Å². The van der Waals surface area contributed by atoms with Crippen LogP contribution >= 0.6 is 15.9 Å². The average molecular weight is 351 g/mol. The van der Waals surface area contributed by atoms with Crippen LogP contribution in [-0.2, 0) is 6.42 Å². The summed E-state index contributed by atoms with van der Waals surface area (Å²) in [6.45, 7) is 0. The van der Waals surface area contributed by atoms with Crippen LogP contribution in [0.5, 0.6) is 11.5 Å². The Morgan fingerprint density at radius 1 is 1.10 bits per heavy atom. The summed E-state index contributed by atoms with van der Waals surface area (Å²) >= 11 is 3.45. The molecular formula is C16H19BrN2O2. The molecule has 1 heterocycles. The Labute approximate surface area is 133 Å². The lowest BCUT2D eigenvalue weighted by molar-refractivity contribution is 0.392. The summed E-state index contributed by atoms with van der Waals surface area (Å²) < 4.78 is 11.7. The molecule has 5 heteroatoms. The van der Waals surface area contributed by atoms with Crippen LogP contribution in [0.2, 0.25) is 0 Å². The van der Waals surface area contributed by atoms with Gasteiger partial charge in [-0.2, -0.15) is 0 Å². The van der Waals surface area contributed by atoms with E-state index < -0.39 is 0 Å². The molecule has 0 saturated heterocycles. The minimum atomic E-state index is 0.157. The van der Waals surface area contributed by atoms with Crippen molar-refractivity contribution >= 4 is 15.9 Å². The van der Waals surface area contributed by atoms with Crippen molar-refractivity contribution in [2.75, 3.05) is 21.3 Å². The molecule has 0 aliphatic rings. The highest BCUT2D eigenvalue weighted by Gasteiger charge is 2.13. The average Bonchev–Trinajstić information content (AvgIpc) is 2.52. The van der Waals surface area contributed by atoms with Gasteiger partial charge in [-0.15, -0.1) is 0 Å². The monoisotopic (exact) mass is 350 g/mol. The van der Waals surface area contributed by atoms with Gasteiger partial charge in [0.15, 0.2) is 0 Å². The number of hydrogen-bond acceptors (Lipinski definition) is 4. The number of halogens is 1. The normalized spacial score (nSPS) is 12.0. The maximum atomic E-state index is 5.33. The number of nitrogens with zero attached hydrogens (tertiary/aromatic N) is 1. The second-order valence-corrected chi connectivity index (χ2v) is 5.62. The fourth-order valence-corrected chi connectivity index (χ4v) is 2.63. The van der Waals surface area contributed by atoms with E-state index in [1.807, 2.05) is 31.4 Å². The molecule has 4 nitrogen and oxygen atoms in total. The molecule has 0 aliphatic heterocycles. The van der Waals surface area contributed by atoms with Crippen LogP contribution in [-0.4, -0.2) is 26.3 Å². The lowest BCUT2D eigenvalue weighted by Gasteiger charge is -2.18. The van der Waals surface area contributed by atoms with E-state index in [2.05, 4.69) is 32.3 Å². The SMILES string of the molecule is CNC(Cc1cncc(Br)c1)c1cc(OC)cc(OC)c1. The van der Waals surface area contributed by atoms with Gasteiger partial charge in [-0.25, -0.2) is 0 Å². The molecular weight excluding hydrogens is 332 g/mol. The van der Waals surface area contributed by atoms with E-state index in [1.54, 1.807) is 20.4 Å². The number of likely N-dealkylation sites (N-methyl/N-ethyl adjacent to an activating group) is 1. The second-order valence-electron chi connectivity index (χ2n) is 4.70. The van der Waals surface area contributed by atoms with Gasteiger partial charge in [0, 0.05) is 29.0 Å². The molecule has 1 aromatic heterocycles. The maximum absolute atomic E-state index is 5.33. The van der Waals surface area contributed by atoms with E-state index in [0.29, 0.717) is 0 Å².